The molecule has 4 aromatic rings. The summed E-state index contributed by atoms with van der Waals surface area (Å²) in [6, 6.07) is 26.1. The van der Waals surface area contributed by atoms with Crippen molar-refractivity contribution in [3.63, 3.8) is 0 Å². The fraction of sp³-hybridized carbons (Fsp3) is 0.316. The Balaban J connectivity index is 1.36. The van der Waals surface area contributed by atoms with Crippen LogP contribution in [0.2, 0.25) is 0 Å². The summed E-state index contributed by atoms with van der Waals surface area (Å²) in [7, 11) is 0. The third-order valence-electron chi connectivity index (χ3n) is 7.96. The van der Waals surface area contributed by atoms with E-state index in [-0.39, 0.29) is 5.78 Å². The number of ether oxygens (including phenoxy) is 4. The highest BCUT2D eigenvalue weighted by molar-refractivity contribution is 5.75. The Morgan fingerprint density at radius 2 is 1.67 bits per heavy atom. The van der Waals surface area contributed by atoms with E-state index in [4.69, 9.17) is 18.9 Å². The van der Waals surface area contributed by atoms with Crippen LogP contribution in [0.15, 0.2) is 72.8 Å². The van der Waals surface area contributed by atoms with Crippen molar-refractivity contribution >= 4 is 5.78 Å². The molecule has 0 amide bonds. The van der Waals surface area contributed by atoms with Crippen molar-refractivity contribution in [2.75, 3.05) is 19.8 Å². The standard InChI is InChI=1S/C38H40N2O5/c1-4-30-19-33(23-40-15-7-8-26(2)41)37(44-24-29-10-5-9-28(18-29)22-39)21-36(30)45-25-32-11-6-12-34(27(32)3)31-13-14-35-38(20-31)43-17-16-42-35/h5-6,9-14,18-21,40H,4,7-8,15-17,23-25H2,1-3H3. The Hall–Kier alpha value is -4.80. The molecule has 0 saturated carbocycles. The van der Waals surface area contributed by atoms with E-state index < -0.39 is 0 Å². The zero-order chi connectivity index (χ0) is 31.6. The Bertz CT molecular complexity index is 1690. The molecule has 4 aromatic carbocycles. The van der Waals surface area contributed by atoms with Crippen LogP contribution < -0.4 is 24.3 Å². The molecule has 7 nitrogen and oxygen atoms in total. The molecule has 0 aliphatic carbocycles. The van der Waals surface area contributed by atoms with Crippen LogP contribution in [0.25, 0.3) is 11.1 Å². The second-order valence-corrected chi connectivity index (χ2v) is 11.2. The number of nitrogens with zero attached hydrogens (tertiary/aromatic N) is 1. The first kappa shape index (κ1) is 31.6. The van der Waals surface area contributed by atoms with E-state index in [2.05, 4.69) is 55.6 Å². The summed E-state index contributed by atoms with van der Waals surface area (Å²) in [6.45, 7) is 9.06. The first-order chi connectivity index (χ1) is 21.9. The number of aryl methyl sites for hydroxylation is 1. The molecule has 0 fully saturated rings. The maximum Gasteiger partial charge on any atom is 0.161 e. The summed E-state index contributed by atoms with van der Waals surface area (Å²) in [5.41, 5.74) is 8.07. The Morgan fingerprint density at radius 1 is 0.889 bits per heavy atom. The van der Waals surface area contributed by atoms with Gasteiger partial charge in [-0.1, -0.05) is 43.3 Å². The number of nitriles is 1. The highest BCUT2D eigenvalue weighted by atomic mass is 16.6. The number of carbonyl (C=O) groups excluding carboxylic acids is 1. The van der Waals surface area contributed by atoms with Gasteiger partial charge < -0.3 is 29.1 Å². The van der Waals surface area contributed by atoms with E-state index in [0.717, 1.165) is 81.3 Å². The molecule has 0 bridgehead atoms. The molecule has 5 rings (SSSR count). The lowest BCUT2D eigenvalue weighted by Gasteiger charge is -2.20. The number of rotatable bonds is 14. The van der Waals surface area contributed by atoms with Gasteiger partial charge in [-0.25, -0.2) is 0 Å². The van der Waals surface area contributed by atoms with Gasteiger partial charge in [-0.3, -0.25) is 0 Å². The maximum atomic E-state index is 11.4. The Kier molecular flexibility index (Phi) is 10.7. The molecule has 45 heavy (non-hydrogen) atoms. The lowest BCUT2D eigenvalue weighted by molar-refractivity contribution is -0.117. The average molecular weight is 605 g/mol. The van der Waals surface area contributed by atoms with Crippen LogP contribution in [-0.4, -0.2) is 25.5 Å². The number of carbonyl (C=O) groups is 1. The minimum atomic E-state index is 0.197. The zero-order valence-corrected chi connectivity index (χ0v) is 26.3. The molecular weight excluding hydrogens is 564 g/mol. The third kappa shape index (κ3) is 8.23. The lowest BCUT2D eigenvalue weighted by atomic mass is 9.96. The van der Waals surface area contributed by atoms with E-state index >= 15 is 0 Å². The van der Waals surface area contributed by atoms with Crippen LogP contribution in [0.4, 0.5) is 0 Å². The van der Waals surface area contributed by atoms with Crippen molar-refractivity contribution in [3.05, 3.63) is 106 Å². The molecule has 1 aliphatic heterocycles. The van der Waals surface area contributed by atoms with Gasteiger partial charge >= 0.3 is 0 Å². The van der Waals surface area contributed by atoms with Crippen LogP contribution in [0.3, 0.4) is 0 Å². The van der Waals surface area contributed by atoms with Crippen LogP contribution in [0, 0.1) is 18.3 Å². The fourth-order valence-electron chi connectivity index (χ4n) is 5.44. The zero-order valence-electron chi connectivity index (χ0n) is 26.3. The number of ketones is 1. The third-order valence-corrected chi connectivity index (χ3v) is 7.96. The predicted octanol–water partition coefficient (Wildman–Crippen LogP) is 7.48. The van der Waals surface area contributed by atoms with Crippen molar-refractivity contribution in [2.45, 2.75) is 59.8 Å². The minimum absolute atomic E-state index is 0.197. The van der Waals surface area contributed by atoms with E-state index in [1.54, 1.807) is 13.0 Å². The van der Waals surface area contributed by atoms with Crippen LogP contribution in [0.5, 0.6) is 23.0 Å². The average Bonchev–Trinajstić information content (AvgIpc) is 3.06. The van der Waals surface area contributed by atoms with Crippen LogP contribution in [0.1, 0.15) is 60.1 Å². The number of hydrogen-bond acceptors (Lipinski definition) is 7. The van der Waals surface area contributed by atoms with Crippen LogP contribution in [-0.2, 0) is 31.0 Å². The molecule has 0 aromatic heterocycles. The summed E-state index contributed by atoms with van der Waals surface area (Å²) in [5.74, 6) is 3.25. The summed E-state index contributed by atoms with van der Waals surface area (Å²) < 4.78 is 24.4. The second kappa shape index (κ2) is 15.3. The smallest absolute Gasteiger partial charge is 0.161 e. The number of fused-ring (bicyclic) bond motifs is 1. The summed E-state index contributed by atoms with van der Waals surface area (Å²) in [4.78, 5) is 11.4. The Morgan fingerprint density at radius 3 is 2.47 bits per heavy atom. The number of benzene rings is 4. The molecule has 0 unspecified atom stereocenters. The fourth-order valence-corrected chi connectivity index (χ4v) is 5.44. The van der Waals surface area contributed by atoms with Crippen LogP contribution >= 0.6 is 0 Å². The van der Waals surface area contributed by atoms with Crippen molar-refractivity contribution in [1.29, 1.82) is 5.26 Å². The Labute approximate surface area is 265 Å². The first-order valence-electron chi connectivity index (χ1n) is 15.5. The van der Waals surface area contributed by atoms with Crippen molar-refractivity contribution in [1.82, 2.24) is 5.32 Å². The van der Waals surface area contributed by atoms with Gasteiger partial charge in [0.05, 0.1) is 11.6 Å². The molecule has 1 heterocycles. The molecular formula is C38H40N2O5. The topological polar surface area (TPSA) is 89.8 Å². The molecule has 0 spiro atoms. The maximum absolute atomic E-state index is 11.4. The second-order valence-electron chi connectivity index (χ2n) is 11.2. The molecule has 0 radical (unpaired) electrons. The highest BCUT2D eigenvalue weighted by Gasteiger charge is 2.16. The normalized spacial score (nSPS) is 12.0. The van der Waals surface area contributed by atoms with Gasteiger partial charge in [-0.2, -0.15) is 5.26 Å². The summed E-state index contributed by atoms with van der Waals surface area (Å²) >= 11 is 0. The molecule has 1 N–H and O–H groups in total. The van der Waals surface area contributed by atoms with Crippen molar-refractivity contribution in [3.8, 4) is 40.2 Å². The van der Waals surface area contributed by atoms with E-state index in [9.17, 15) is 10.1 Å². The highest BCUT2D eigenvalue weighted by Crippen LogP contribution is 2.37. The van der Waals surface area contributed by atoms with Gasteiger partial charge in [-0.15, -0.1) is 0 Å². The van der Waals surface area contributed by atoms with Gasteiger partial charge in [0.15, 0.2) is 11.5 Å². The number of nitrogens with one attached hydrogen (secondary N) is 1. The predicted molar refractivity (Wildman–Crippen MR) is 175 cm³/mol. The van der Waals surface area contributed by atoms with Gasteiger partial charge in [0, 0.05) is 24.6 Å². The number of Topliss-reactive ketones (excluding diaryl/α,β-unsaturated/α-hetero) is 1. The molecule has 7 heteroatoms. The lowest BCUT2D eigenvalue weighted by Crippen LogP contribution is -2.16. The number of hydrogen-bond donors (Lipinski definition) is 1. The van der Waals surface area contributed by atoms with E-state index in [1.165, 1.54) is 0 Å². The van der Waals surface area contributed by atoms with E-state index in [1.807, 2.05) is 36.4 Å². The van der Waals surface area contributed by atoms with Crippen molar-refractivity contribution < 1.29 is 23.7 Å². The minimum Gasteiger partial charge on any atom is -0.488 e. The monoisotopic (exact) mass is 604 g/mol. The quantitative estimate of drug-likeness (QED) is 0.149. The molecule has 0 atom stereocenters. The molecule has 1 aliphatic rings. The molecule has 232 valence electrons. The van der Waals surface area contributed by atoms with Gasteiger partial charge in [-0.05, 0) is 96.9 Å². The molecule has 0 saturated heterocycles. The summed E-state index contributed by atoms with van der Waals surface area (Å²) in [5, 5.41) is 12.8. The van der Waals surface area contributed by atoms with Gasteiger partial charge in [0.25, 0.3) is 0 Å². The largest absolute Gasteiger partial charge is 0.488 e. The van der Waals surface area contributed by atoms with E-state index in [0.29, 0.717) is 45.0 Å². The first-order valence-corrected chi connectivity index (χ1v) is 15.5. The SMILES string of the molecule is CCc1cc(CNCCCC(C)=O)c(OCc2cccc(C#N)c2)cc1OCc1cccc(-c2ccc3c(c2)OCCO3)c1C. The van der Waals surface area contributed by atoms with Gasteiger partial charge in [0.2, 0.25) is 0 Å². The van der Waals surface area contributed by atoms with Gasteiger partial charge in [0.1, 0.15) is 43.7 Å². The summed E-state index contributed by atoms with van der Waals surface area (Å²) in [6.07, 6.45) is 2.15. The van der Waals surface area contributed by atoms with Crippen molar-refractivity contribution in [2.24, 2.45) is 0 Å².